The van der Waals surface area contributed by atoms with Gasteiger partial charge in [-0.15, -0.1) is 0 Å². The van der Waals surface area contributed by atoms with Crippen LogP contribution in [0.15, 0.2) is 54.6 Å². The Kier molecular flexibility index (Phi) is 6.50. The SMILES string of the molecule is COCCCNC(=O)C[C@H]1COc2ccccc2N1Cc1ccccc1. The van der Waals surface area contributed by atoms with Crippen LogP contribution < -0.4 is 15.0 Å². The summed E-state index contributed by atoms with van der Waals surface area (Å²) in [7, 11) is 1.67. The highest BCUT2D eigenvalue weighted by Gasteiger charge is 2.29. The van der Waals surface area contributed by atoms with Crippen LogP contribution in [-0.4, -0.2) is 38.8 Å². The molecule has 1 N–H and O–H groups in total. The minimum atomic E-state index is 0.00697. The first-order chi connectivity index (χ1) is 12.8. The lowest BCUT2D eigenvalue weighted by Crippen LogP contribution is -2.45. The molecule has 0 radical (unpaired) electrons. The quantitative estimate of drug-likeness (QED) is 0.741. The predicted octanol–water partition coefficient (Wildman–Crippen LogP) is 3.00. The van der Waals surface area contributed by atoms with Crippen LogP contribution in [0.4, 0.5) is 5.69 Å². The lowest BCUT2D eigenvalue weighted by molar-refractivity contribution is -0.121. The van der Waals surface area contributed by atoms with E-state index < -0.39 is 0 Å². The summed E-state index contributed by atoms with van der Waals surface area (Å²) >= 11 is 0. The van der Waals surface area contributed by atoms with E-state index in [1.54, 1.807) is 7.11 Å². The summed E-state index contributed by atoms with van der Waals surface area (Å²) in [6, 6.07) is 18.3. The Morgan fingerprint density at radius 3 is 2.77 bits per heavy atom. The van der Waals surface area contributed by atoms with Crippen molar-refractivity contribution in [2.75, 3.05) is 31.8 Å². The molecule has 0 unspecified atom stereocenters. The second-order valence-corrected chi connectivity index (χ2v) is 6.45. The van der Waals surface area contributed by atoms with Crippen molar-refractivity contribution in [3.8, 4) is 5.75 Å². The number of benzene rings is 2. The summed E-state index contributed by atoms with van der Waals surface area (Å²) in [5, 5.41) is 2.97. The van der Waals surface area contributed by atoms with Crippen molar-refractivity contribution < 1.29 is 14.3 Å². The van der Waals surface area contributed by atoms with Gasteiger partial charge in [0.1, 0.15) is 12.4 Å². The lowest BCUT2D eigenvalue weighted by atomic mass is 10.1. The number of methoxy groups -OCH3 is 1. The second-order valence-electron chi connectivity index (χ2n) is 6.45. The van der Waals surface area contributed by atoms with Crippen molar-refractivity contribution >= 4 is 11.6 Å². The molecule has 138 valence electrons. The predicted molar refractivity (Wildman–Crippen MR) is 102 cm³/mol. The molecule has 1 atom stereocenters. The number of carbonyl (C=O) groups is 1. The van der Waals surface area contributed by atoms with Crippen LogP contribution in [0, 0.1) is 0 Å². The first kappa shape index (κ1) is 18.3. The average molecular weight is 354 g/mol. The van der Waals surface area contributed by atoms with Crippen molar-refractivity contribution in [3.05, 3.63) is 60.2 Å². The first-order valence-electron chi connectivity index (χ1n) is 9.06. The Balaban J connectivity index is 1.70. The van der Waals surface area contributed by atoms with Crippen molar-refractivity contribution in [3.63, 3.8) is 0 Å². The Hall–Kier alpha value is -2.53. The molecule has 2 aromatic carbocycles. The van der Waals surface area contributed by atoms with Crippen molar-refractivity contribution in [2.24, 2.45) is 0 Å². The van der Waals surface area contributed by atoms with Gasteiger partial charge in [0.25, 0.3) is 0 Å². The standard InChI is InChI=1S/C21H26N2O3/c1-25-13-7-12-22-21(24)14-18-16-26-20-11-6-5-10-19(20)23(18)15-17-8-3-2-4-9-17/h2-6,8-11,18H,7,12-16H2,1H3,(H,22,24)/t18-/m0/s1. The Bertz CT molecular complexity index is 705. The van der Waals surface area contributed by atoms with Gasteiger partial charge in [-0.2, -0.15) is 0 Å². The normalized spacial score (nSPS) is 15.9. The van der Waals surface area contributed by atoms with Crippen LogP contribution in [0.3, 0.4) is 0 Å². The van der Waals surface area contributed by atoms with E-state index in [1.165, 1.54) is 5.56 Å². The molecule has 0 aliphatic carbocycles. The third kappa shape index (κ3) is 4.76. The number of anilines is 1. The molecule has 5 heteroatoms. The number of nitrogens with zero attached hydrogens (tertiary/aromatic N) is 1. The van der Waals surface area contributed by atoms with Crippen molar-refractivity contribution in [1.82, 2.24) is 5.32 Å². The highest BCUT2D eigenvalue weighted by atomic mass is 16.5. The van der Waals surface area contributed by atoms with Gasteiger partial charge >= 0.3 is 0 Å². The van der Waals surface area contributed by atoms with Gasteiger partial charge in [-0.1, -0.05) is 42.5 Å². The van der Waals surface area contributed by atoms with Gasteiger partial charge in [-0.25, -0.2) is 0 Å². The minimum absolute atomic E-state index is 0.00697. The fourth-order valence-electron chi connectivity index (χ4n) is 3.18. The largest absolute Gasteiger partial charge is 0.489 e. The van der Waals surface area contributed by atoms with E-state index in [1.807, 2.05) is 36.4 Å². The number of amides is 1. The van der Waals surface area contributed by atoms with Crippen LogP contribution in [0.25, 0.3) is 0 Å². The molecular weight excluding hydrogens is 328 g/mol. The van der Waals surface area contributed by atoms with Crippen LogP contribution in [-0.2, 0) is 16.1 Å². The number of rotatable bonds is 8. The Labute approximate surface area is 154 Å². The van der Waals surface area contributed by atoms with E-state index in [0.717, 1.165) is 24.4 Å². The van der Waals surface area contributed by atoms with E-state index in [-0.39, 0.29) is 11.9 Å². The molecule has 0 fully saturated rings. The van der Waals surface area contributed by atoms with Crippen molar-refractivity contribution in [2.45, 2.75) is 25.4 Å². The van der Waals surface area contributed by atoms with Crippen LogP contribution in [0.5, 0.6) is 5.75 Å². The summed E-state index contributed by atoms with van der Waals surface area (Å²) in [5.41, 5.74) is 2.26. The summed E-state index contributed by atoms with van der Waals surface area (Å²) < 4.78 is 10.9. The van der Waals surface area contributed by atoms with E-state index in [0.29, 0.717) is 26.2 Å². The summed E-state index contributed by atoms with van der Waals surface area (Å²) in [4.78, 5) is 14.6. The van der Waals surface area contributed by atoms with E-state index in [9.17, 15) is 4.79 Å². The molecule has 0 spiro atoms. The first-order valence-corrected chi connectivity index (χ1v) is 9.06. The number of hydrogen-bond acceptors (Lipinski definition) is 4. The zero-order valence-electron chi connectivity index (χ0n) is 15.2. The Morgan fingerprint density at radius 2 is 1.96 bits per heavy atom. The zero-order valence-corrected chi connectivity index (χ0v) is 15.2. The molecule has 2 aromatic rings. The van der Waals surface area contributed by atoms with Gasteiger partial charge < -0.3 is 19.7 Å². The van der Waals surface area contributed by atoms with Gasteiger partial charge in [0.2, 0.25) is 5.91 Å². The lowest BCUT2D eigenvalue weighted by Gasteiger charge is -2.38. The van der Waals surface area contributed by atoms with Gasteiger partial charge in [0, 0.05) is 26.8 Å². The molecule has 0 saturated heterocycles. The van der Waals surface area contributed by atoms with Gasteiger partial charge in [0.15, 0.2) is 0 Å². The molecule has 1 heterocycles. The number of carbonyl (C=O) groups excluding carboxylic acids is 1. The maximum Gasteiger partial charge on any atom is 0.222 e. The molecule has 0 aromatic heterocycles. The molecule has 0 bridgehead atoms. The van der Waals surface area contributed by atoms with Crippen LogP contribution in [0.1, 0.15) is 18.4 Å². The van der Waals surface area contributed by atoms with Crippen LogP contribution in [0.2, 0.25) is 0 Å². The molecule has 1 aliphatic heterocycles. The molecule has 3 rings (SSSR count). The summed E-state index contributed by atoms with van der Waals surface area (Å²) in [5.74, 6) is 0.923. The molecule has 0 saturated carbocycles. The second kappa shape index (κ2) is 9.25. The fraction of sp³-hybridized carbons (Fsp3) is 0.381. The number of hydrogen-bond donors (Lipinski definition) is 1. The topological polar surface area (TPSA) is 50.8 Å². The van der Waals surface area contributed by atoms with Gasteiger partial charge in [-0.05, 0) is 24.1 Å². The highest BCUT2D eigenvalue weighted by molar-refractivity contribution is 5.77. The minimum Gasteiger partial charge on any atom is -0.489 e. The number of ether oxygens (including phenoxy) is 2. The molecule has 26 heavy (non-hydrogen) atoms. The maximum absolute atomic E-state index is 12.4. The molecule has 1 aliphatic rings. The zero-order chi connectivity index (χ0) is 18.2. The highest BCUT2D eigenvalue weighted by Crippen LogP contribution is 2.35. The summed E-state index contributed by atoms with van der Waals surface area (Å²) in [6.07, 6.45) is 1.23. The number of para-hydroxylation sites is 2. The Morgan fingerprint density at radius 1 is 1.19 bits per heavy atom. The van der Waals surface area contributed by atoms with Gasteiger partial charge in [0.05, 0.1) is 18.2 Å². The third-order valence-corrected chi connectivity index (χ3v) is 4.51. The molecular formula is C21H26N2O3. The van der Waals surface area contributed by atoms with E-state index >= 15 is 0 Å². The monoisotopic (exact) mass is 354 g/mol. The molecule has 1 amide bonds. The average Bonchev–Trinajstić information content (AvgIpc) is 2.68. The van der Waals surface area contributed by atoms with E-state index in [2.05, 4.69) is 28.4 Å². The molecule has 5 nitrogen and oxygen atoms in total. The van der Waals surface area contributed by atoms with Crippen LogP contribution >= 0.6 is 0 Å². The van der Waals surface area contributed by atoms with Crippen molar-refractivity contribution in [1.29, 1.82) is 0 Å². The van der Waals surface area contributed by atoms with Gasteiger partial charge in [-0.3, -0.25) is 4.79 Å². The number of fused-ring (bicyclic) bond motifs is 1. The van der Waals surface area contributed by atoms with E-state index in [4.69, 9.17) is 9.47 Å². The number of nitrogens with one attached hydrogen (secondary N) is 1. The smallest absolute Gasteiger partial charge is 0.222 e. The summed E-state index contributed by atoms with van der Waals surface area (Å²) in [6.45, 7) is 2.55. The third-order valence-electron chi connectivity index (χ3n) is 4.51. The maximum atomic E-state index is 12.4. The fourth-order valence-corrected chi connectivity index (χ4v) is 3.18.